The Kier molecular flexibility index (Phi) is 5.04. The van der Waals surface area contributed by atoms with Crippen LogP contribution in [0.3, 0.4) is 0 Å². The van der Waals surface area contributed by atoms with Crippen molar-refractivity contribution >= 4 is 11.8 Å². The number of aromatic nitrogens is 4. The second kappa shape index (κ2) is 6.40. The molecular formula is C8H13N5S. The van der Waals surface area contributed by atoms with E-state index in [1.165, 1.54) is 0 Å². The Morgan fingerprint density at radius 1 is 1.57 bits per heavy atom. The third-order valence-corrected chi connectivity index (χ3v) is 2.58. The number of nitrogens with two attached hydrogens (primary N) is 1. The number of hydrogen-bond acceptors (Lipinski definition) is 5. The quantitative estimate of drug-likeness (QED) is 0.412. The maximum Gasteiger partial charge on any atom is 0.209 e. The second-order valence-electron chi connectivity index (χ2n) is 2.63. The highest BCUT2D eigenvalue weighted by Crippen LogP contribution is 2.14. The largest absolute Gasteiger partial charge is 0.329 e. The molecule has 0 saturated heterocycles. The lowest BCUT2D eigenvalue weighted by Gasteiger charge is -2.00. The monoisotopic (exact) mass is 211 g/mol. The Bertz CT molecular complexity index is 303. The zero-order valence-electron chi connectivity index (χ0n) is 7.89. The number of unbranched alkanes of at least 4 members (excludes halogenated alkanes) is 1. The Hall–Kier alpha value is -1.06. The van der Waals surface area contributed by atoms with E-state index in [-0.39, 0.29) is 0 Å². The minimum atomic E-state index is 0.545. The van der Waals surface area contributed by atoms with E-state index in [0.717, 1.165) is 23.8 Å². The summed E-state index contributed by atoms with van der Waals surface area (Å²) >= 11 is 1.61. The molecular weight excluding hydrogens is 198 g/mol. The van der Waals surface area contributed by atoms with Crippen molar-refractivity contribution in [1.82, 2.24) is 20.2 Å². The topological polar surface area (TPSA) is 69.6 Å². The number of tetrazole rings is 1. The van der Waals surface area contributed by atoms with Gasteiger partial charge in [-0.15, -0.1) is 17.4 Å². The van der Waals surface area contributed by atoms with E-state index in [1.54, 1.807) is 16.4 Å². The van der Waals surface area contributed by atoms with Crippen LogP contribution in [0.4, 0.5) is 0 Å². The average Bonchev–Trinajstić information content (AvgIpc) is 2.61. The van der Waals surface area contributed by atoms with E-state index < -0.39 is 0 Å². The van der Waals surface area contributed by atoms with Crippen LogP contribution in [0.25, 0.3) is 0 Å². The van der Waals surface area contributed by atoms with E-state index in [0.29, 0.717) is 13.1 Å². The molecule has 1 aromatic rings. The van der Waals surface area contributed by atoms with Crippen molar-refractivity contribution in [3.8, 4) is 12.3 Å². The van der Waals surface area contributed by atoms with Crippen LogP contribution in [0, 0.1) is 12.3 Å². The van der Waals surface area contributed by atoms with Gasteiger partial charge in [-0.2, -0.15) is 0 Å². The summed E-state index contributed by atoms with van der Waals surface area (Å²) in [6.07, 6.45) is 6.92. The van der Waals surface area contributed by atoms with Crippen LogP contribution >= 0.6 is 11.8 Å². The smallest absolute Gasteiger partial charge is 0.209 e. The van der Waals surface area contributed by atoms with Crippen LogP contribution in [0.5, 0.6) is 0 Å². The second-order valence-corrected chi connectivity index (χ2v) is 3.69. The van der Waals surface area contributed by atoms with Gasteiger partial charge in [-0.1, -0.05) is 11.8 Å². The van der Waals surface area contributed by atoms with Crippen LogP contribution in [0.2, 0.25) is 0 Å². The summed E-state index contributed by atoms with van der Waals surface area (Å²) in [5.74, 6) is 3.54. The van der Waals surface area contributed by atoms with Crippen molar-refractivity contribution in [3.05, 3.63) is 0 Å². The predicted octanol–water partition coefficient (Wildman–Crippen LogP) is 0.137. The van der Waals surface area contributed by atoms with Crippen molar-refractivity contribution in [1.29, 1.82) is 0 Å². The van der Waals surface area contributed by atoms with Crippen molar-refractivity contribution in [2.75, 3.05) is 12.3 Å². The molecule has 0 bridgehead atoms. The number of hydrogen-bond donors (Lipinski definition) is 1. The first-order valence-electron chi connectivity index (χ1n) is 4.41. The highest BCUT2D eigenvalue weighted by molar-refractivity contribution is 7.99. The van der Waals surface area contributed by atoms with Crippen LogP contribution in [0.1, 0.15) is 12.8 Å². The molecule has 0 fully saturated rings. The van der Waals surface area contributed by atoms with E-state index >= 15 is 0 Å². The molecule has 1 heterocycles. The van der Waals surface area contributed by atoms with Crippen LogP contribution in [-0.4, -0.2) is 32.5 Å². The molecule has 2 N–H and O–H groups in total. The fourth-order valence-corrected chi connectivity index (χ4v) is 1.74. The minimum Gasteiger partial charge on any atom is -0.329 e. The van der Waals surface area contributed by atoms with E-state index in [2.05, 4.69) is 21.4 Å². The van der Waals surface area contributed by atoms with Crippen molar-refractivity contribution in [2.24, 2.45) is 5.73 Å². The number of rotatable bonds is 6. The van der Waals surface area contributed by atoms with Crippen molar-refractivity contribution < 1.29 is 0 Å². The SMILES string of the molecule is C#CCCCSc1nnnn1CCN. The molecule has 0 aromatic carbocycles. The van der Waals surface area contributed by atoms with Crippen molar-refractivity contribution in [3.63, 3.8) is 0 Å². The van der Waals surface area contributed by atoms with Gasteiger partial charge in [0, 0.05) is 18.7 Å². The lowest BCUT2D eigenvalue weighted by Crippen LogP contribution is -2.12. The highest BCUT2D eigenvalue weighted by Gasteiger charge is 2.04. The van der Waals surface area contributed by atoms with Gasteiger partial charge in [0.1, 0.15) is 0 Å². The number of nitrogens with zero attached hydrogens (tertiary/aromatic N) is 4. The molecule has 0 unspecified atom stereocenters. The maximum atomic E-state index is 5.41. The van der Waals surface area contributed by atoms with Gasteiger partial charge in [0.25, 0.3) is 0 Å². The molecule has 0 spiro atoms. The Balaban J connectivity index is 2.34. The van der Waals surface area contributed by atoms with Gasteiger partial charge in [0.05, 0.1) is 6.54 Å². The summed E-state index contributed by atoms with van der Waals surface area (Å²) in [5.41, 5.74) is 5.41. The zero-order valence-corrected chi connectivity index (χ0v) is 8.70. The first kappa shape index (κ1) is 11.0. The molecule has 76 valence electrons. The normalized spacial score (nSPS) is 10.0. The zero-order chi connectivity index (χ0) is 10.2. The summed E-state index contributed by atoms with van der Waals surface area (Å²) in [5, 5.41) is 12.1. The van der Waals surface area contributed by atoms with E-state index in [1.807, 2.05) is 0 Å². The summed E-state index contributed by atoms with van der Waals surface area (Å²) in [7, 11) is 0. The molecule has 0 aliphatic carbocycles. The molecule has 0 radical (unpaired) electrons. The molecule has 0 amide bonds. The highest BCUT2D eigenvalue weighted by atomic mass is 32.2. The van der Waals surface area contributed by atoms with Crippen LogP contribution < -0.4 is 5.73 Å². The van der Waals surface area contributed by atoms with Gasteiger partial charge in [0.15, 0.2) is 0 Å². The van der Waals surface area contributed by atoms with Crippen LogP contribution in [-0.2, 0) is 6.54 Å². The summed E-state index contributed by atoms with van der Waals surface area (Å²) in [6, 6.07) is 0. The molecule has 0 aliphatic rings. The Morgan fingerprint density at radius 2 is 2.43 bits per heavy atom. The molecule has 5 nitrogen and oxygen atoms in total. The fraction of sp³-hybridized carbons (Fsp3) is 0.625. The predicted molar refractivity (Wildman–Crippen MR) is 55.7 cm³/mol. The van der Waals surface area contributed by atoms with Crippen LogP contribution in [0.15, 0.2) is 5.16 Å². The Morgan fingerprint density at radius 3 is 3.14 bits per heavy atom. The van der Waals surface area contributed by atoms with E-state index in [9.17, 15) is 0 Å². The molecule has 1 aromatic heterocycles. The number of terminal acetylenes is 1. The fourth-order valence-electron chi connectivity index (χ4n) is 0.900. The lowest BCUT2D eigenvalue weighted by atomic mass is 10.4. The first-order valence-corrected chi connectivity index (χ1v) is 5.39. The molecule has 0 aliphatic heterocycles. The van der Waals surface area contributed by atoms with Gasteiger partial charge < -0.3 is 5.73 Å². The first-order chi connectivity index (χ1) is 6.88. The number of thioether (sulfide) groups is 1. The summed E-state index contributed by atoms with van der Waals surface area (Å²) < 4.78 is 1.71. The van der Waals surface area contributed by atoms with Gasteiger partial charge in [0.2, 0.25) is 5.16 Å². The average molecular weight is 211 g/mol. The minimum absolute atomic E-state index is 0.545. The van der Waals surface area contributed by atoms with Gasteiger partial charge in [-0.05, 0) is 16.8 Å². The third kappa shape index (κ3) is 3.36. The molecule has 6 heteroatoms. The summed E-state index contributed by atoms with van der Waals surface area (Å²) in [4.78, 5) is 0. The molecule has 0 saturated carbocycles. The molecule has 14 heavy (non-hydrogen) atoms. The van der Waals surface area contributed by atoms with Gasteiger partial charge >= 0.3 is 0 Å². The van der Waals surface area contributed by atoms with E-state index in [4.69, 9.17) is 12.2 Å². The molecule has 1 rings (SSSR count). The Labute approximate surface area is 87.4 Å². The molecule has 0 atom stereocenters. The van der Waals surface area contributed by atoms with Gasteiger partial charge in [-0.3, -0.25) is 0 Å². The third-order valence-electron chi connectivity index (χ3n) is 1.54. The maximum absolute atomic E-state index is 5.41. The standard InChI is InChI=1S/C8H13N5S/c1-2-3-4-7-14-8-10-11-12-13(8)6-5-9/h1H,3-7,9H2. The lowest BCUT2D eigenvalue weighted by molar-refractivity contribution is 0.557. The van der Waals surface area contributed by atoms with Gasteiger partial charge in [-0.25, -0.2) is 4.68 Å². The summed E-state index contributed by atoms with van der Waals surface area (Å²) in [6.45, 7) is 1.20. The van der Waals surface area contributed by atoms with Crippen molar-refractivity contribution in [2.45, 2.75) is 24.5 Å².